The van der Waals surface area contributed by atoms with E-state index in [1.165, 1.54) is 0 Å². The number of carbonyl (C=O) groups is 2. The molecule has 2 saturated heterocycles. The number of amides is 2. The van der Waals surface area contributed by atoms with E-state index >= 15 is 0 Å². The van der Waals surface area contributed by atoms with Crippen LogP contribution in [0.15, 0.2) is 18.3 Å². The maximum absolute atomic E-state index is 13.1. The second-order valence-corrected chi connectivity index (χ2v) is 9.86. The van der Waals surface area contributed by atoms with Crippen molar-refractivity contribution in [1.82, 2.24) is 19.8 Å². The van der Waals surface area contributed by atoms with Crippen LogP contribution >= 0.6 is 11.3 Å². The lowest BCUT2D eigenvalue weighted by Crippen LogP contribution is -2.53. The maximum atomic E-state index is 13.1. The number of hydrogen-bond acceptors (Lipinski definition) is 7. The Bertz CT molecular complexity index is 884. The monoisotopic (exact) mass is 431 g/mol. The molecule has 0 saturated carbocycles. The summed E-state index contributed by atoms with van der Waals surface area (Å²) in [5, 5.41) is 0.963. The molecule has 2 aliphatic rings. The Morgan fingerprint density at radius 2 is 1.90 bits per heavy atom. The highest BCUT2D eigenvalue weighted by Crippen LogP contribution is 2.28. The number of rotatable bonds is 2. The van der Waals surface area contributed by atoms with Gasteiger partial charge in [0.1, 0.15) is 15.9 Å². The molecule has 2 amide bonds. The number of piperazine rings is 1. The quantitative estimate of drug-likeness (QED) is 0.727. The number of likely N-dealkylation sites (tertiary alicyclic amines) is 1. The van der Waals surface area contributed by atoms with Crippen molar-refractivity contribution < 1.29 is 14.3 Å². The molecule has 8 nitrogen and oxygen atoms in total. The number of thiazole rings is 1. The minimum absolute atomic E-state index is 0.147. The molecule has 0 bridgehead atoms. The van der Waals surface area contributed by atoms with Crippen LogP contribution in [-0.2, 0) is 9.53 Å². The first-order valence-corrected chi connectivity index (χ1v) is 11.3. The van der Waals surface area contributed by atoms with Crippen molar-refractivity contribution in [2.24, 2.45) is 5.92 Å². The van der Waals surface area contributed by atoms with Crippen LogP contribution < -0.4 is 4.90 Å². The third-order valence-corrected chi connectivity index (χ3v) is 6.48. The van der Waals surface area contributed by atoms with Gasteiger partial charge in [-0.15, -0.1) is 0 Å². The van der Waals surface area contributed by atoms with Gasteiger partial charge in [0.2, 0.25) is 5.91 Å². The van der Waals surface area contributed by atoms with Crippen LogP contribution in [0.4, 0.5) is 9.93 Å². The smallest absolute Gasteiger partial charge is 0.410 e. The number of nitrogens with zero attached hydrogens (tertiary/aromatic N) is 5. The molecule has 0 aromatic carbocycles. The summed E-state index contributed by atoms with van der Waals surface area (Å²) in [6, 6.07) is 3.87. The van der Waals surface area contributed by atoms with Gasteiger partial charge in [-0.1, -0.05) is 11.3 Å². The minimum atomic E-state index is -0.527. The lowest BCUT2D eigenvalue weighted by atomic mass is 9.96. The number of anilines is 1. The number of pyridine rings is 1. The van der Waals surface area contributed by atoms with Crippen LogP contribution in [0.25, 0.3) is 10.3 Å². The molecular formula is C21H29N5O3S. The average Bonchev–Trinajstić information content (AvgIpc) is 3.16. The highest BCUT2D eigenvalue weighted by molar-refractivity contribution is 7.21. The predicted molar refractivity (Wildman–Crippen MR) is 117 cm³/mol. The van der Waals surface area contributed by atoms with E-state index in [9.17, 15) is 9.59 Å². The zero-order chi connectivity index (χ0) is 21.3. The van der Waals surface area contributed by atoms with Crippen LogP contribution in [0.2, 0.25) is 0 Å². The molecule has 0 radical (unpaired) electrons. The van der Waals surface area contributed by atoms with Crippen LogP contribution in [-0.4, -0.2) is 76.6 Å². The summed E-state index contributed by atoms with van der Waals surface area (Å²) in [5.74, 6) is -0.00153. The van der Waals surface area contributed by atoms with Gasteiger partial charge in [0.05, 0.1) is 5.92 Å². The lowest BCUT2D eigenvalue weighted by Gasteiger charge is -2.39. The Morgan fingerprint density at radius 1 is 1.13 bits per heavy atom. The van der Waals surface area contributed by atoms with E-state index in [4.69, 9.17) is 4.74 Å². The maximum Gasteiger partial charge on any atom is 0.410 e. The number of carbonyl (C=O) groups excluding carboxylic acids is 2. The molecule has 4 rings (SSSR count). The predicted octanol–water partition coefficient (Wildman–Crippen LogP) is 2.99. The number of piperidine rings is 1. The van der Waals surface area contributed by atoms with Gasteiger partial charge in [0.25, 0.3) is 0 Å². The second kappa shape index (κ2) is 8.37. The highest BCUT2D eigenvalue weighted by atomic mass is 32.1. The molecule has 1 atom stereocenters. The summed E-state index contributed by atoms with van der Waals surface area (Å²) in [4.78, 5) is 41.3. The molecule has 1 unspecified atom stereocenters. The number of hydrogen-bond donors (Lipinski definition) is 0. The standard InChI is InChI=1S/C21H29N5O3S/c1-21(2,3)29-20(28)26-9-5-6-15(14-26)18(27)24-10-12-25(13-11-24)19-23-16-7-4-8-22-17(16)30-19/h4,7-8,15H,5-6,9-14H2,1-3H3. The normalized spacial score (nSPS) is 20.5. The summed E-state index contributed by atoms with van der Waals surface area (Å²) in [7, 11) is 0. The van der Waals surface area contributed by atoms with E-state index in [1.54, 1.807) is 22.4 Å². The first kappa shape index (κ1) is 20.8. The Hall–Kier alpha value is -2.42. The Balaban J connectivity index is 1.33. The van der Waals surface area contributed by atoms with Gasteiger partial charge in [-0.25, -0.2) is 14.8 Å². The fourth-order valence-electron chi connectivity index (χ4n) is 3.94. The molecule has 9 heteroatoms. The van der Waals surface area contributed by atoms with Gasteiger partial charge in [-0.05, 0) is 45.7 Å². The van der Waals surface area contributed by atoms with Crippen molar-refractivity contribution in [3.63, 3.8) is 0 Å². The molecule has 0 N–H and O–H groups in total. The molecule has 30 heavy (non-hydrogen) atoms. The summed E-state index contributed by atoms with van der Waals surface area (Å²) < 4.78 is 5.48. The highest BCUT2D eigenvalue weighted by Gasteiger charge is 2.34. The topological polar surface area (TPSA) is 78.9 Å². The molecule has 2 fully saturated rings. The van der Waals surface area contributed by atoms with Crippen LogP contribution in [0, 0.1) is 5.92 Å². The van der Waals surface area contributed by atoms with Crippen LogP contribution in [0.3, 0.4) is 0 Å². The first-order valence-electron chi connectivity index (χ1n) is 10.5. The third kappa shape index (κ3) is 4.66. The minimum Gasteiger partial charge on any atom is -0.444 e. The molecule has 162 valence electrons. The van der Waals surface area contributed by atoms with Gasteiger partial charge in [0.15, 0.2) is 5.13 Å². The van der Waals surface area contributed by atoms with Gasteiger partial charge in [0, 0.05) is 45.5 Å². The van der Waals surface area contributed by atoms with Crippen molar-refractivity contribution >= 4 is 38.8 Å². The van der Waals surface area contributed by atoms with Crippen LogP contribution in [0.5, 0.6) is 0 Å². The Morgan fingerprint density at radius 3 is 2.60 bits per heavy atom. The number of ether oxygens (including phenoxy) is 1. The summed E-state index contributed by atoms with van der Waals surface area (Å²) in [5.41, 5.74) is 0.390. The SMILES string of the molecule is CC(C)(C)OC(=O)N1CCCC(C(=O)N2CCN(c3nc4cccnc4s3)CC2)C1. The van der Waals surface area contributed by atoms with E-state index in [0.717, 1.165) is 41.4 Å². The lowest BCUT2D eigenvalue weighted by molar-refractivity contribution is -0.137. The first-order chi connectivity index (χ1) is 14.3. The van der Waals surface area contributed by atoms with Crippen molar-refractivity contribution in [1.29, 1.82) is 0 Å². The summed E-state index contributed by atoms with van der Waals surface area (Å²) in [6.45, 7) is 9.53. The summed E-state index contributed by atoms with van der Waals surface area (Å²) in [6.07, 6.45) is 3.11. The Kier molecular flexibility index (Phi) is 5.81. The number of aromatic nitrogens is 2. The van der Waals surface area contributed by atoms with Crippen LogP contribution in [0.1, 0.15) is 33.6 Å². The van der Waals surface area contributed by atoms with Crippen molar-refractivity contribution in [2.45, 2.75) is 39.2 Å². The zero-order valence-electron chi connectivity index (χ0n) is 17.8. The van der Waals surface area contributed by atoms with E-state index in [2.05, 4.69) is 14.9 Å². The van der Waals surface area contributed by atoms with Gasteiger partial charge < -0.3 is 19.4 Å². The largest absolute Gasteiger partial charge is 0.444 e. The molecule has 2 aromatic rings. The fraction of sp³-hybridized carbons (Fsp3) is 0.619. The summed E-state index contributed by atoms with van der Waals surface area (Å²) >= 11 is 1.59. The average molecular weight is 432 g/mol. The number of fused-ring (bicyclic) bond motifs is 1. The molecule has 2 aromatic heterocycles. The Labute approximate surface area is 180 Å². The molecule has 0 spiro atoms. The third-order valence-electron chi connectivity index (χ3n) is 5.44. The van der Waals surface area contributed by atoms with Gasteiger partial charge in [-0.2, -0.15) is 0 Å². The van der Waals surface area contributed by atoms with Crippen molar-refractivity contribution in [3.05, 3.63) is 18.3 Å². The van der Waals surface area contributed by atoms with Gasteiger partial charge >= 0.3 is 6.09 Å². The molecular weight excluding hydrogens is 402 g/mol. The van der Waals surface area contributed by atoms with Crippen molar-refractivity contribution in [3.8, 4) is 0 Å². The van der Waals surface area contributed by atoms with E-state index in [1.807, 2.05) is 37.8 Å². The molecule has 4 heterocycles. The van der Waals surface area contributed by atoms with E-state index in [0.29, 0.717) is 26.2 Å². The fourth-order valence-corrected chi connectivity index (χ4v) is 4.90. The molecule has 2 aliphatic heterocycles. The van der Waals surface area contributed by atoms with E-state index in [-0.39, 0.29) is 17.9 Å². The second-order valence-electron chi connectivity index (χ2n) is 8.90. The van der Waals surface area contributed by atoms with Crippen molar-refractivity contribution in [2.75, 3.05) is 44.2 Å². The van der Waals surface area contributed by atoms with Gasteiger partial charge in [-0.3, -0.25) is 4.79 Å². The zero-order valence-corrected chi connectivity index (χ0v) is 18.7. The van der Waals surface area contributed by atoms with E-state index < -0.39 is 5.60 Å². The molecule has 0 aliphatic carbocycles.